The molecule has 3 unspecified atom stereocenters. The van der Waals surface area contributed by atoms with Crippen LogP contribution in [0.15, 0.2) is 0 Å². The zero-order chi connectivity index (χ0) is 76.5. The normalized spacial score (nSPS) is 14.2. The van der Waals surface area contributed by atoms with Gasteiger partial charge in [-0.1, -0.05) is 395 Å². The zero-order valence-electron chi connectivity index (χ0n) is 68.5. The van der Waals surface area contributed by atoms with Gasteiger partial charge in [0.05, 0.1) is 26.4 Å². The highest BCUT2D eigenvalue weighted by molar-refractivity contribution is 7.47. The highest BCUT2D eigenvalue weighted by atomic mass is 31.2. The molecule has 0 aliphatic carbocycles. The van der Waals surface area contributed by atoms with Gasteiger partial charge in [-0.3, -0.25) is 37.3 Å². The molecule has 0 saturated carbocycles. The number of esters is 4. The molecular weight excluding hydrogens is 1350 g/mol. The van der Waals surface area contributed by atoms with Crippen LogP contribution in [0, 0.1) is 17.8 Å². The second kappa shape index (κ2) is 75.1. The third kappa shape index (κ3) is 76.8. The summed E-state index contributed by atoms with van der Waals surface area (Å²) >= 11 is 0. The summed E-state index contributed by atoms with van der Waals surface area (Å²) in [5.74, 6) is 0.220. The van der Waals surface area contributed by atoms with Gasteiger partial charge in [0.15, 0.2) is 12.2 Å². The Morgan fingerprint density at radius 2 is 0.490 bits per heavy atom. The topological polar surface area (TPSA) is 237 Å². The first kappa shape index (κ1) is 102. The maximum absolute atomic E-state index is 13.1. The fourth-order valence-electron chi connectivity index (χ4n) is 13.2. The smallest absolute Gasteiger partial charge is 0.462 e. The molecule has 0 radical (unpaired) electrons. The third-order valence-electron chi connectivity index (χ3n) is 20.2. The summed E-state index contributed by atoms with van der Waals surface area (Å²) in [5.41, 5.74) is 0. The molecule has 0 aliphatic heterocycles. The number of hydrogen-bond donors (Lipinski definition) is 3. The van der Waals surface area contributed by atoms with Gasteiger partial charge in [-0.25, -0.2) is 9.13 Å². The van der Waals surface area contributed by atoms with E-state index in [1.165, 1.54) is 257 Å². The fraction of sp³-hybridized carbons (Fsp3) is 0.953. The molecule has 618 valence electrons. The number of unbranched alkanes of at least 4 members (excludes halogenated alkanes) is 50. The van der Waals surface area contributed by atoms with Gasteiger partial charge in [-0.15, -0.1) is 0 Å². The van der Waals surface area contributed by atoms with Crippen molar-refractivity contribution in [3.63, 3.8) is 0 Å². The van der Waals surface area contributed by atoms with Crippen molar-refractivity contribution in [1.82, 2.24) is 0 Å². The molecule has 0 rings (SSSR count). The van der Waals surface area contributed by atoms with E-state index in [-0.39, 0.29) is 25.7 Å². The molecule has 0 aromatic carbocycles. The monoisotopic (exact) mass is 1520 g/mol. The van der Waals surface area contributed by atoms with E-state index < -0.39 is 97.5 Å². The van der Waals surface area contributed by atoms with E-state index in [0.29, 0.717) is 25.7 Å². The van der Waals surface area contributed by atoms with Crippen molar-refractivity contribution in [3.05, 3.63) is 0 Å². The maximum atomic E-state index is 13.1. The van der Waals surface area contributed by atoms with Crippen molar-refractivity contribution < 1.29 is 80.2 Å². The number of carbonyl (C=O) groups excluding carboxylic acids is 4. The molecule has 0 saturated heterocycles. The third-order valence-corrected chi connectivity index (χ3v) is 22.1. The van der Waals surface area contributed by atoms with Crippen LogP contribution in [-0.4, -0.2) is 96.7 Å². The number of hydrogen-bond acceptors (Lipinski definition) is 15. The second-order valence-electron chi connectivity index (χ2n) is 31.8. The van der Waals surface area contributed by atoms with E-state index in [1.807, 2.05) is 0 Å². The van der Waals surface area contributed by atoms with Crippen LogP contribution in [-0.2, 0) is 65.4 Å². The van der Waals surface area contributed by atoms with Gasteiger partial charge in [0.25, 0.3) is 0 Å². The van der Waals surface area contributed by atoms with Crippen LogP contribution in [0.2, 0.25) is 0 Å². The van der Waals surface area contributed by atoms with E-state index in [0.717, 1.165) is 108 Å². The highest BCUT2D eigenvalue weighted by Crippen LogP contribution is 2.45. The van der Waals surface area contributed by atoms with Gasteiger partial charge in [-0.05, 0) is 43.4 Å². The predicted octanol–water partition coefficient (Wildman–Crippen LogP) is 25.7. The van der Waals surface area contributed by atoms with Crippen molar-refractivity contribution in [2.24, 2.45) is 17.8 Å². The summed E-state index contributed by atoms with van der Waals surface area (Å²) in [6.45, 7) is 12.0. The van der Waals surface area contributed by atoms with Crippen molar-refractivity contribution in [3.8, 4) is 0 Å². The molecule has 6 atom stereocenters. The van der Waals surface area contributed by atoms with Crippen LogP contribution < -0.4 is 0 Å². The average molecular weight is 1520 g/mol. The molecule has 0 fully saturated rings. The first-order valence-corrected chi connectivity index (χ1v) is 46.9. The lowest BCUT2D eigenvalue weighted by Gasteiger charge is -2.21. The highest BCUT2D eigenvalue weighted by Gasteiger charge is 2.30. The summed E-state index contributed by atoms with van der Waals surface area (Å²) in [7, 11) is -9.93. The number of aliphatic hydroxyl groups excluding tert-OH is 1. The maximum Gasteiger partial charge on any atom is 0.472 e. The minimum Gasteiger partial charge on any atom is -0.462 e. The molecule has 17 nitrogen and oxygen atoms in total. The molecule has 0 aliphatic rings. The lowest BCUT2D eigenvalue weighted by Crippen LogP contribution is -2.30. The van der Waals surface area contributed by atoms with Crippen molar-refractivity contribution in [1.29, 1.82) is 0 Å². The van der Waals surface area contributed by atoms with Crippen LogP contribution in [0.5, 0.6) is 0 Å². The van der Waals surface area contributed by atoms with Crippen LogP contribution in [0.25, 0.3) is 0 Å². The van der Waals surface area contributed by atoms with Crippen molar-refractivity contribution in [2.75, 3.05) is 39.6 Å². The summed E-state index contributed by atoms with van der Waals surface area (Å²) < 4.78 is 68.8. The molecule has 0 bridgehead atoms. The molecular formula is C85H166O17P2. The fourth-order valence-corrected chi connectivity index (χ4v) is 14.7. The molecule has 3 N–H and O–H groups in total. The Bertz CT molecular complexity index is 2010. The molecule has 19 heteroatoms. The van der Waals surface area contributed by atoms with Gasteiger partial charge in [0, 0.05) is 25.7 Å². The summed E-state index contributed by atoms with van der Waals surface area (Å²) in [4.78, 5) is 73.2. The Balaban J connectivity index is 5.23. The van der Waals surface area contributed by atoms with Crippen LogP contribution >= 0.6 is 15.6 Å². The van der Waals surface area contributed by atoms with E-state index >= 15 is 0 Å². The minimum atomic E-state index is -4.97. The summed E-state index contributed by atoms with van der Waals surface area (Å²) in [6, 6.07) is 0. The molecule has 0 heterocycles. The van der Waals surface area contributed by atoms with Gasteiger partial charge in [0.2, 0.25) is 0 Å². The number of phosphoric ester groups is 2. The first-order valence-electron chi connectivity index (χ1n) is 43.9. The number of ether oxygens (including phenoxy) is 4. The van der Waals surface area contributed by atoms with Crippen LogP contribution in [0.4, 0.5) is 0 Å². The van der Waals surface area contributed by atoms with E-state index in [4.69, 9.17) is 37.0 Å². The average Bonchev–Trinajstić information content (AvgIpc) is 0.911. The minimum absolute atomic E-state index is 0.105. The van der Waals surface area contributed by atoms with Crippen LogP contribution in [0.3, 0.4) is 0 Å². The Morgan fingerprint density at radius 1 is 0.279 bits per heavy atom. The molecule has 0 aromatic rings. The largest absolute Gasteiger partial charge is 0.472 e. The van der Waals surface area contributed by atoms with Gasteiger partial charge in [-0.2, -0.15) is 0 Å². The number of aliphatic hydroxyl groups is 1. The van der Waals surface area contributed by atoms with E-state index in [1.54, 1.807) is 0 Å². The number of phosphoric acid groups is 2. The number of carbonyl (C=O) groups is 4. The zero-order valence-corrected chi connectivity index (χ0v) is 70.3. The second-order valence-corrected chi connectivity index (χ2v) is 34.7. The van der Waals surface area contributed by atoms with E-state index in [9.17, 15) is 43.2 Å². The van der Waals surface area contributed by atoms with Crippen molar-refractivity contribution in [2.45, 2.75) is 465 Å². The molecule has 0 amide bonds. The Labute approximate surface area is 638 Å². The number of rotatable bonds is 83. The first-order chi connectivity index (χ1) is 50.3. The Hall–Kier alpha value is -1.94. The van der Waals surface area contributed by atoms with E-state index in [2.05, 4.69) is 48.5 Å². The lowest BCUT2D eigenvalue weighted by atomic mass is 9.99. The summed E-state index contributed by atoms with van der Waals surface area (Å²) in [5, 5.41) is 10.7. The Morgan fingerprint density at radius 3 is 0.731 bits per heavy atom. The molecule has 0 aromatic heterocycles. The quantitative estimate of drug-likeness (QED) is 0.0222. The van der Waals surface area contributed by atoms with Crippen LogP contribution in [0.1, 0.15) is 447 Å². The van der Waals surface area contributed by atoms with Gasteiger partial charge in [0.1, 0.15) is 19.3 Å². The Kier molecular flexibility index (Phi) is 73.7. The molecule has 0 spiro atoms. The lowest BCUT2D eigenvalue weighted by molar-refractivity contribution is -0.161. The van der Waals surface area contributed by atoms with Crippen molar-refractivity contribution >= 4 is 39.5 Å². The summed E-state index contributed by atoms with van der Waals surface area (Å²) in [6.07, 6.45) is 65.4. The van der Waals surface area contributed by atoms with Gasteiger partial charge < -0.3 is 33.8 Å². The van der Waals surface area contributed by atoms with Gasteiger partial charge >= 0.3 is 39.5 Å². The predicted molar refractivity (Wildman–Crippen MR) is 428 cm³/mol. The molecule has 104 heavy (non-hydrogen) atoms. The standard InChI is InChI=1S/C85H166O17P2/c1-8-10-11-12-13-14-15-16-17-18-19-20-21-22-23-24-29-32-38-47-54-61-68-84(89)101-80(72-95-82(87)66-59-52-45-37-31-28-26-25-27-30-36-44-51-58-65-78(7)9-2)74-99-103(91,92)97-70-79(86)71-98-104(93,94)100-75-81(73-96-83(88)67-60-53-46-41-40-43-50-57-64-77(5)6)102-85(90)69-62-55-48-39-34-33-35-42-49-56-63-76(3)4/h76-81,86H,8-75H2,1-7H3,(H,91,92)(H,93,94)/t78?,79-,80-,81-/m1/s1. The SMILES string of the molecule is CCCCCCCCCCCCCCCCCCCCCCCCC(=O)O[C@H](COC(=O)CCCCCCCCCCCCCCCCC(C)CC)COP(=O)(O)OC[C@@H](O)COP(=O)(O)OC[C@@H](COC(=O)CCCCCCCCCCC(C)C)OC(=O)CCCCCCCCCCCCC(C)C.